The average molecular weight is 346 g/mol. The molecule has 1 saturated heterocycles. The molecular formula is C19H30N4O2. The second-order valence-corrected chi connectivity index (χ2v) is 7.46. The molecule has 3 rings (SSSR count). The second-order valence-electron chi connectivity index (χ2n) is 7.46. The maximum Gasteiger partial charge on any atom is 0.269 e. The molecule has 138 valence electrons. The fourth-order valence-electron chi connectivity index (χ4n) is 3.58. The van der Waals surface area contributed by atoms with Crippen molar-refractivity contribution in [3.63, 3.8) is 0 Å². The van der Waals surface area contributed by atoms with Gasteiger partial charge in [-0.05, 0) is 52.2 Å². The van der Waals surface area contributed by atoms with Crippen LogP contribution in [-0.2, 0) is 4.74 Å². The Morgan fingerprint density at radius 1 is 1.40 bits per heavy atom. The normalized spacial score (nSPS) is 24.3. The monoisotopic (exact) mass is 346 g/mol. The van der Waals surface area contributed by atoms with Crippen LogP contribution >= 0.6 is 0 Å². The van der Waals surface area contributed by atoms with Gasteiger partial charge in [0.25, 0.3) is 5.56 Å². The predicted octanol–water partition coefficient (Wildman–Crippen LogP) is 2.42. The summed E-state index contributed by atoms with van der Waals surface area (Å²) in [5.41, 5.74) is 0.875. The summed E-state index contributed by atoms with van der Waals surface area (Å²) in [6.45, 7) is 7.09. The van der Waals surface area contributed by atoms with Gasteiger partial charge in [-0.1, -0.05) is 0 Å². The van der Waals surface area contributed by atoms with Crippen LogP contribution < -0.4 is 10.5 Å². The summed E-state index contributed by atoms with van der Waals surface area (Å²) in [5.74, 6) is 0. The van der Waals surface area contributed by atoms with Crippen LogP contribution in [0.1, 0.15) is 45.6 Å². The molecule has 1 aromatic rings. The lowest BCUT2D eigenvalue weighted by Gasteiger charge is -2.35. The summed E-state index contributed by atoms with van der Waals surface area (Å²) in [5, 5.41) is 4.48. The Kier molecular flexibility index (Phi) is 5.78. The zero-order valence-electron chi connectivity index (χ0n) is 15.6. The highest BCUT2D eigenvalue weighted by Crippen LogP contribution is 2.22. The minimum absolute atomic E-state index is 0.00583. The highest BCUT2D eigenvalue weighted by atomic mass is 16.5. The van der Waals surface area contributed by atoms with Crippen molar-refractivity contribution in [1.29, 1.82) is 0 Å². The molecule has 0 aromatic carbocycles. The summed E-state index contributed by atoms with van der Waals surface area (Å²) in [7, 11) is 1.99. The van der Waals surface area contributed by atoms with E-state index in [9.17, 15) is 4.79 Å². The Morgan fingerprint density at radius 3 is 2.92 bits per heavy atom. The standard InChI is InChI=1S/C19H30N4O2/c1-15(2)21(3)17-11-19(24)23(20-12-17)16-7-6-9-22(13-16)14-18-8-4-5-10-25-18/h5,10-12,15-16,18H,4,6-9,13-14H2,1-3H3/t16-,18+/m0/s1. The summed E-state index contributed by atoms with van der Waals surface area (Å²) < 4.78 is 7.37. The van der Waals surface area contributed by atoms with Crippen LogP contribution in [0.25, 0.3) is 0 Å². The fraction of sp³-hybridized carbons (Fsp3) is 0.684. The van der Waals surface area contributed by atoms with Gasteiger partial charge in [0.05, 0.1) is 24.2 Å². The van der Waals surface area contributed by atoms with E-state index in [1.807, 2.05) is 19.5 Å². The predicted molar refractivity (Wildman–Crippen MR) is 100.0 cm³/mol. The molecule has 6 nitrogen and oxygen atoms in total. The molecule has 1 aromatic heterocycles. The molecule has 0 saturated carbocycles. The molecule has 3 heterocycles. The molecule has 0 radical (unpaired) electrons. The minimum atomic E-state index is -0.00583. The average Bonchev–Trinajstić information content (AvgIpc) is 2.62. The zero-order chi connectivity index (χ0) is 17.8. The highest BCUT2D eigenvalue weighted by molar-refractivity contribution is 5.42. The van der Waals surface area contributed by atoms with Gasteiger partial charge in [0.2, 0.25) is 0 Å². The lowest BCUT2D eigenvalue weighted by molar-refractivity contribution is 0.0593. The molecule has 0 unspecified atom stereocenters. The maximum absolute atomic E-state index is 12.6. The summed E-state index contributed by atoms with van der Waals surface area (Å²) >= 11 is 0. The molecule has 0 N–H and O–H groups in total. The maximum atomic E-state index is 12.6. The lowest BCUT2D eigenvalue weighted by Crippen LogP contribution is -2.44. The quantitative estimate of drug-likeness (QED) is 0.819. The third-order valence-corrected chi connectivity index (χ3v) is 5.30. The molecule has 25 heavy (non-hydrogen) atoms. The first-order chi connectivity index (χ1) is 12.0. The lowest BCUT2D eigenvalue weighted by atomic mass is 10.0. The largest absolute Gasteiger partial charge is 0.497 e. The van der Waals surface area contributed by atoms with Crippen LogP contribution in [0.15, 0.2) is 29.4 Å². The van der Waals surface area contributed by atoms with Gasteiger partial charge >= 0.3 is 0 Å². The van der Waals surface area contributed by atoms with Gasteiger partial charge in [-0.2, -0.15) is 5.10 Å². The summed E-state index contributed by atoms with van der Waals surface area (Å²) in [6, 6.07) is 2.20. The number of ether oxygens (including phenoxy) is 1. The van der Waals surface area contributed by atoms with Crippen molar-refractivity contribution in [3.8, 4) is 0 Å². The third-order valence-electron chi connectivity index (χ3n) is 5.30. The first kappa shape index (κ1) is 18.0. The van der Waals surface area contributed by atoms with E-state index in [0.29, 0.717) is 6.04 Å². The number of likely N-dealkylation sites (tertiary alicyclic amines) is 1. The van der Waals surface area contributed by atoms with Crippen LogP contribution in [0.3, 0.4) is 0 Å². The van der Waals surface area contributed by atoms with E-state index >= 15 is 0 Å². The van der Waals surface area contributed by atoms with Crippen LogP contribution in [0, 0.1) is 0 Å². The number of anilines is 1. The Bertz CT molecular complexity index is 655. The van der Waals surface area contributed by atoms with Gasteiger partial charge in [-0.15, -0.1) is 0 Å². The van der Waals surface area contributed by atoms with Gasteiger partial charge in [0.1, 0.15) is 6.10 Å². The van der Waals surface area contributed by atoms with Crippen molar-refractivity contribution in [3.05, 3.63) is 35.0 Å². The number of hydrogen-bond acceptors (Lipinski definition) is 5. The number of nitrogens with zero attached hydrogens (tertiary/aromatic N) is 4. The smallest absolute Gasteiger partial charge is 0.269 e. The van der Waals surface area contributed by atoms with E-state index in [4.69, 9.17) is 4.74 Å². The van der Waals surface area contributed by atoms with Crippen molar-refractivity contribution >= 4 is 5.69 Å². The molecule has 6 heteroatoms. The Labute approximate surface area is 150 Å². The van der Waals surface area contributed by atoms with Crippen LogP contribution in [0.5, 0.6) is 0 Å². The van der Waals surface area contributed by atoms with Crippen LogP contribution in [-0.4, -0.2) is 53.5 Å². The molecule has 2 aliphatic heterocycles. The first-order valence-corrected chi connectivity index (χ1v) is 9.39. The Hall–Kier alpha value is -1.82. The second kappa shape index (κ2) is 8.04. The van der Waals surface area contributed by atoms with E-state index < -0.39 is 0 Å². The van der Waals surface area contributed by atoms with Crippen molar-refractivity contribution in [2.24, 2.45) is 0 Å². The molecule has 0 amide bonds. The zero-order valence-corrected chi connectivity index (χ0v) is 15.6. The van der Waals surface area contributed by atoms with Crippen molar-refractivity contribution in [1.82, 2.24) is 14.7 Å². The number of allylic oxidation sites excluding steroid dienone is 1. The van der Waals surface area contributed by atoms with E-state index in [1.54, 1.807) is 10.7 Å². The summed E-state index contributed by atoms with van der Waals surface area (Å²) in [4.78, 5) is 17.1. The highest BCUT2D eigenvalue weighted by Gasteiger charge is 2.25. The van der Waals surface area contributed by atoms with Gasteiger partial charge in [-0.25, -0.2) is 4.68 Å². The Balaban J connectivity index is 1.66. The topological polar surface area (TPSA) is 50.6 Å². The van der Waals surface area contributed by atoms with E-state index in [2.05, 4.69) is 34.8 Å². The van der Waals surface area contributed by atoms with Crippen molar-refractivity contribution in [2.45, 2.75) is 57.7 Å². The number of hydrogen-bond donors (Lipinski definition) is 0. The molecule has 0 bridgehead atoms. The fourth-order valence-corrected chi connectivity index (χ4v) is 3.58. The van der Waals surface area contributed by atoms with Crippen molar-refractivity contribution < 1.29 is 4.74 Å². The van der Waals surface area contributed by atoms with E-state index in [-0.39, 0.29) is 17.7 Å². The van der Waals surface area contributed by atoms with Gasteiger partial charge < -0.3 is 9.64 Å². The molecular weight excluding hydrogens is 316 g/mol. The molecule has 2 aliphatic rings. The minimum Gasteiger partial charge on any atom is -0.497 e. The van der Waals surface area contributed by atoms with Gasteiger partial charge in [-0.3, -0.25) is 9.69 Å². The van der Waals surface area contributed by atoms with E-state index in [0.717, 1.165) is 51.0 Å². The van der Waals surface area contributed by atoms with Gasteiger partial charge in [0, 0.05) is 32.2 Å². The third kappa shape index (κ3) is 4.42. The first-order valence-electron chi connectivity index (χ1n) is 9.39. The van der Waals surface area contributed by atoms with Crippen LogP contribution in [0.2, 0.25) is 0 Å². The number of rotatable bonds is 5. The Morgan fingerprint density at radius 2 is 2.24 bits per heavy atom. The number of piperidine rings is 1. The molecule has 1 fully saturated rings. The molecule has 0 aliphatic carbocycles. The SMILES string of the molecule is CC(C)N(C)c1cnn([C@H]2CCCN(C[C@H]3CCC=CO3)C2)c(=O)c1. The number of aromatic nitrogens is 2. The van der Waals surface area contributed by atoms with E-state index in [1.165, 1.54) is 0 Å². The molecule has 0 spiro atoms. The van der Waals surface area contributed by atoms with Gasteiger partial charge in [0.15, 0.2) is 0 Å². The molecule has 2 atom stereocenters. The van der Waals surface area contributed by atoms with Crippen LogP contribution in [0.4, 0.5) is 5.69 Å². The van der Waals surface area contributed by atoms with Crippen molar-refractivity contribution in [2.75, 3.05) is 31.6 Å². The summed E-state index contributed by atoms with van der Waals surface area (Å²) in [6.07, 6.45) is 10.3.